The second kappa shape index (κ2) is 11.5. The Balaban J connectivity index is 1.39. The predicted molar refractivity (Wildman–Crippen MR) is 149 cm³/mol. The van der Waals surface area contributed by atoms with Crippen molar-refractivity contribution in [2.24, 2.45) is 0 Å². The van der Waals surface area contributed by atoms with Crippen LogP contribution < -0.4 is 19.6 Å². The number of hydrogen-bond acceptors (Lipinski definition) is 9. The van der Waals surface area contributed by atoms with Gasteiger partial charge in [-0.3, -0.25) is 19.3 Å². The Morgan fingerprint density at radius 1 is 0.951 bits per heavy atom. The maximum absolute atomic E-state index is 13.4. The number of pyridine rings is 1. The molecule has 0 fully saturated rings. The number of hydrogen-bond donors (Lipinski definition) is 0. The number of rotatable bonds is 9. The molecule has 0 radical (unpaired) electrons. The van der Waals surface area contributed by atoms with Gasteiger partial charge in [-0.15, -0.1) is 0 Å². The largest absolute Gasteiger partial charge is 0.493 e. The van der Waals surface area contributed by atoms with Gasteiger partial charge >= 0.3 is 6.01 Å². The first-order chi connectivity index (χ1) is 19.8. The molecule has 0 bridgehead atoms. The molecule has 5 rings (SSSR count). The lowest BCUT2D eigenvalue weighted by molar-refractivity contribution is 0.0990. The third-order valence-corrected chi connectivity index (χ3v) is 6.34. The van der Waals surface area contributed by atoms with Crippen LogP contribution in [-0.4, -0.2) is 44.7 Å². The van der Waals surface area contributed by atoms with Crippen LogP contribution >= 0.6 is 0 Å². The van der Waals surface area contributed by atoms with Crippen molar-refractivity contribution < 1.29 is 23.4 Å². The number of methoxy groups -OCH3 is 2. The Morgan fingerprint density at radius 3 is 2.29 bits per heavy atom. The highest BCUT2D eigenvalue weighted by molar-refractivity contribution is 5.97. The first-order valence-electron chi connectivity index (χ1n) is 12.7. The standard InChI is InChI=1S/C30H26FN5O5/c1-17(2)36-16-22(29(38)28(35-36)19-5-7-20(31)8-6-19)24(37)11-18-14-33-30(34-15-18)41-25-9-10-32-23-13-27(40-4)26(39-3)12-21(23)25/h5-10,12-17H,11H2,1-4H3. The van der Waals surface area contributed by atoms with Gasteiger partial charge in [0.05, 0.1) is 25.3 Å². The Bertz CT molecular complexity index is 1790. The number of Topliss-reactive ketones (excluding diaryl/α,β-unsaturated/α-hetero) is 1. The Labute approximate surface area is 234 Å². The highest BCUT2D eigenvalue weighted by Gasteiger charge is 2.19. The average molecular weight is 556 g/mol. The highest BCUT2D eigenvalue weighted by atomic mass is 19.1. The van der Waals surface area contributed by atoms with Crippen molar-refractivity contribution in [1.82, 2.24) is 24.7 Å². The van der Waals surface area contributed by atoms with Crippen LogP contribution in [0.25, 0.3) is 22.2 Å². The number of benzene rings is 2. The van der Waals surface area contributed by atoms with Crippen LogP contribution in [0.2, 0.25) is 0 Å². The lowest BCUT2D eigenvalue weighted by Gasteiger charge is -2.13. The summed E-state index contributed by atoms with van der Waals surface area (Å²) in [5.74, 6) is 0.652. The van der Waals surface area contributed by atoms with Crippen molar-refractivity contribution in [3.8, 4) is 34.5 Å². The molecule has 0 amide bonds. The van der Waals surface area contributed by atoms with E-state index in [1.165, 1.54) is 50.0 Å². The molecule has 0 saturated heterocycles. The Hall–Kier alpha value is -5.19. The molecule has 0 atom stereocenters. The number of ether oxygens (including phenoxy) is 3. The zero-order valence-electron chi connectivity index (χ0n) is 22.8. The van der Waals surface area contributed by atoms with E-state index in [0.29, 0.717) is 39.3 Å². The summed E-state index contributed by atoms with van der Waals surface area (Å²) in [6.45, 7) is 3.76. The van der Waals surface area contributed by atoms with Crippen molar-refractivity contribution in [3.05, 3.63) is 94.4 Å². The van der Waals surface area contributed by atoms with E-state index in [1.807, 2.05) is 13.8 Å². The van der Waals surface area contributed by atoms with Gasteiger partial charge < -0.3 is 14.2 Å². The molecule has 41 heavy (non-hydrogen) atoms. The van der Waals surface area contributed by atoms with Crippen molar-refractivity contribution >= 4 is 16.7 Å². The molecule has 2 aromatic carbocycles. The van der Waals surface area contributed by atoms with Crippen LogP contribution in [0.4, 0.5) is 4.39 Å². The van der Waals surface area contributed by atoms with E-state index >= 15 is 0 Å². The van der Waals surface area contributed by atoms with E-state index in [2.05, 4.69) is 20.1 Å². The number of halogens is 1. The van der Waals surface area contributed by atoms with E-state index < -0.39 is 17.0 Å². The average Bonchev–Trinajstić information content (AvgIpc) is 2.98. The molecule has 0 aliphatic carbocycles. The summed E-state index contributed by atoms with van der Waals surface area (Å²) in [4.78, 5) is 39.4. The summed E-state index contributed by atoms with van der Waals surface area (Å²) in [5, 5.41) is 5.05. The van der Waals surface area contributed by atoms with Crippen molar-refractivity contribution in [2.75, 3.05) is 14.2 Å². The van der Waals surface area contributed by atoms with Crippen LogP contribution in [-0.2, 0) is 6.42 Å². The fourth-order valence-corrected chi connectivity index (χ4v) is 4.17. The second-order valence-corrected chi connectivity index (χ2v) is 9.41. The smallest absolute Gasteiger partial charge is 0.321 e. The van der Waals surface area contributed by atoms with E-state index in [-0.39, 0.29) is 29.7 Å². The third kappa shape index (κ3) is 5.74. The van der Waals surface area contributed by atoms with Crippen molar-refractivity contribution in [3.63, 3.8) is 0 Å². The molecule has 5 aromatic rings. The molecule has 3 aromatic heterocycles. The first kappa shape index (κ1) is 27.4. The lowest BCUT2D eigenvalue weighted by atomic mass is 10.0. The van der Waals surface area contributed by atoms with E-state index in [0.717, 1.165) is 0 Å². The SMILES string of the molecule is COc1cc2nccc(Oc3ncc(CC(=O)c4cn(C(C)C)nc(-c5ccc(F)cc5)c4=O)cn3)c2cc1OC. The van der Waals surface area contributed by atoms with E-state index in [4.69, 9.17) is 14.2 Å². The summed E-state index contributed by atoms with van der Waals surface area (Å²) < 4.78 is 31.6. The minimum absolute atomic E-state index is 0.0269. The van der Waals surface area contributed by atoms with Gasteiger partial charge in [-0.25, -0.2) is 14.4 Å². The lowest BCUT2D eigenvalue weighted by Crippen LogP contribution is -2.24. The minimum atomic E-state index is -0.531. The van der Waals surface area contributed by atoms with E-state index in [1.54, 1.807) is 36.2 Å². The number of fused-ring (bicyclic) bond motifs is 1. The maximum atomic E-state index is 13.4. The number of ketones is 1. The van der Waals surface area contributed by atoms with Gasteiger partial charge in [0.2, 0.25) is 5.43 Å². The topological polar surface area (TPSA) is 118 Å². The van der Waals surface area contributed by atoms with Crippen LogP contribution in [0.3, 0.4) is 0 Å². The second-order valence-electron chi connectivity index (χ2n) is 9.41. The zero-order chi connectivity index (χ0) is 29.1. The quantitative estimate of drug-likeness (QED) is 0.226. The van der Waals surface area contributed by atoms with Gasteiger partial charge in [0.25, 0.3) is 0 Å². The molecule has 11 heteroatoms. The molecule has 10 nitrogen and oxygen atoms in total. The summed E-state index contributed by atoms with van der Waals surface area (Å²) in [5.41, 5.74) is 1.06. The highest BCUT2D eigenvalue weighted by Crippen LogP contribution is 2.36. The van der Waals surface area contributed by atoms with Gasteiger partial charge in [-0.2, -0.15) is 5.10 Å². The number of aromatic nitrogens is 5. The van der Waals surface area contributed by atoms with Gasteiger partial charge in [-0.1, -0.05) is 0 Å². The molecular weight excluding hydrogens is 529 g/mol. The first-order valence-corrected chi connectivity index (χ1v) is 12.7. The third-order valence-electron chi connectivity index (χ3n) is 6.34. The Kier molecular flexibility index (Phi) is 7.68. The van der Waals surface area contributed by atoms with Gasteiger partial charge in [0, 0.05) is 54.3 Å². The van der Waals surface area contributed by atoms with Crippen LogP contribution in [0.1, 0.15) is 35.8 Å². The number of carbonyl (C=O) groups excluding carboxylic acids is 1. The van der Waals surface area contributed by atoms with Crippen LogP contribution in [0.15, 0.2) is 72.0 Å². The van der Waals surface area contributed by atoms with E-state index in [9.17, 15) is 14.0 Å². The molecule has 0 saturated carbocycles. The summed E-state index contributed by atoms with van der Waals surface area (Å²) in [6, 6.07) is 10.5. The Morgan fingerprint density at radius 2 is 1.63 bits per heavy atom. The molecule has 3 heterocycles. The monoisotopic (exact) mass is 555 g/mol. The van der Waals surface area contributed by atoms with Gasteiger partial charge in [-0.05, 0) is 55.8 Å². The van der Waals surface area contributed by atoms with Crippen LogP contribution in [0, 0.1) is 5.82 Å². The molecular formula is C30H26FN5O5. The maximum Gasteiger partial charge on any atom is 0.321 e. The van der Waals surface area contributed by atoms with Gasteiger partial charge in [0.15, 0.2) is 17.3 Å². The summed E-state index contributed by atoms with van der Waals surface area (Å²) >= 11 is 0. The van der Waals surface area contributed by atoms with Crippen LogP contribution in [0.5, 0.6) is 23.3 Å². The van der Waals surface area contributed by atoms with Crippen molar-refractivity contribution in [2.45, 2.75) is 26.3 Å². The van der Waals surface area contributed by atoms with Crippen molar-refractivity contribution in [1.29, 1.82) is 0 Å². The normalized spacial score (nSPS) is 11.1. The fourth-order valence-electron chi connectivity index (χ4n) is 4.17. The number of carbonyl (C=O) groups is 1. The predicted octanol–water partition coefficient (Wildman–Crippen LogP) is 5.20. The molecule has 0 aliphatic heterocycles. The number of nitrogens with zero attached hydrogens (tertiary/aromatic N) is 5. The molecule has 0 unspecified atom stereocenters. The summed E-state index contributed by atoms with van der Waals surface area (Å²) in [6.07, 6.45) is 5.86. The summed E-state index contributed by atoms with van der Waals surface area (Å²) in [7, 11) is 3.08. The zero-order valence-corrected chi connectivity index (χ0v) is 22.8. The molecule has 0 aliphatic rings. The minimum Gasteiger partial charge on any atom is -0.493 e. The molecule has 0 N–H and O–H groups in total. The molecule has 208 valence electrons. The fraction of sp³-hybridized carbons (Fsp3) is 0.200. The van der Waals surface area contributed by atoms with Gasteiger partial charge in [0.1, 0.15) is 17.3 Å². The molecule has 0 spiro atoms.